The number of likely N-dealkylation sites (N-methyl/N-ethyl adjacent to an activating group) is 1. The highest BCUT2D eigenvalue weighted by Gasteiger charge is 2.36. The maximum absolute atomic E-state index is 12.5. The molecule has 0 spiro atoms. The van der Waals surface area contributed by atoms with Crippen molar-refractivity contribution in [2.75, 3.05) is 20.6 Å². The van der Waals surface area contributed by atoms with Gasteiger partial charge in [0.2, 0.25) is 5.91 Å². The predicted molar refractivity (Wildman–Crippen MR) is 75.3 cm³/mol. The Kier molecular flexibility index (Phi) is 4.42. The van der Waals surface area contributed by atoms with Crippen LogP contribution in [0.1, 0.15) is 42.4 Å². The van der Waals surface area contributed by atoms with E-state index in [0.717, 1.165) is 31.4 Å². The molecule has 1 unspecified atom stereocenters. The average molecular weight is 278 g/mol. The summed E-state index contributed by atoms with van der Waals surface area (Å²) in [5.41, 5.74) is 1.37. The van der Waals surface area contributed by atoms with Crippen LogP contribution in [0.25, 0.3) is 0 Å². The Bertz CT molecular complexity index is 495. The minimum atomic E-state index is -0.344. The van der Waals surface area contributed by atoms with E-state index >= 15 is 0 Å². The minimum absolute atomic E-state index is 0.0137. The molecule has 1 aliphatic rings. The first-order valence-electron chi connectivity index (χ1n) is 7.11. The van der Waals surface area contributed by atoms with Gasteiger partial charge in [-0.1, -0.05) is 13.3 Å². The standard InChI is InChI=1S/C14H22N4O2/c1-4-6-10-9-11(16-15-10)13(19)18-8-5-7-12(18)14(20)17(2)3/h9,12H,4-8H2,1-3H3,(H,15,16). The number of nitrogens with one attached hydrogen (secondary N) is 1. The third kappa shape index (κ3) is 2.84. The second-order valence-corrected chi connectivity index (χ2v) is 5.42. The lowest BCUT2D eigenvalue weighted by molar-refractivity contribution is -0.132. The topological polar surface area (TPSA) is 69.3 Å². The number of hydrogen-bond donors (Lipinski definition) is 1. The molecule has 1 aromatic rings. The molecule has 1 atom stereocenters. The van der Waals surface area contributed by atoms with Crippen molar-refractivity contribution in [1.29, 1.82) is 0 Å². The molecule has 2 heterocycles. The molecule has 2 rings (SSSR count). The Morgan fingerprint density at radius 1 is 1.50 bits per heavy atom. The molecular formula is C14H22N4O2. The van der Waals surface area contributed by atoms with E-state index < -0.39 is 0 Å². The van der Waals surface area contributed by atoms with Crippen molar-refractivity contribution in [3.8, 4) is 0 Å². The number of nitrogens with zero attached hydrogens (tertiary/aromatic N) is 3. The number of H-pyrrole nitrogens is 1. The van der Waals surface area contributed by atoms with Crippen LogP contribution in [-0.2, 0) is 11.2 Å². The average Bonchev–Trinajstić information content (AvgIpc) is 3.06. The number of aromatic nitrogens is 2. The van der Waals surface area contributed by atoms with Gasteiger partial charge in [0.05, 0.1) is 0 Å². The number of carbonyl (C=O) groups is 2. The van der Waals surface area contributed by atoms with Crippen LogP contribution in [0.15, 0.2) is 6.07 Å². The van der Waals surface area contributed by atoms with Crippen LogP contribution in [0.4, 0.5) is 0 Å². The summed E-state index contributed by atoms with van der Waals surface area (Å²) in [6.45, 7) is 2.70. The third-order valence-corrected chi connectivity index (χ3v) is 3.61. The van der Waals surface area contributed by atoms with Gasteiger partial charge in [-0.05, 0) is 25.3 Å². The van der Waals surface area contributed by atoms with E-state index in [1.807, 2.05) is 0 Å². The second kappa shape index (κ2) is 6.07. The molecule has 1 saturated heterocycles. The van der Waals surface area contributed by atoms with Crippen LogP contribution in [0.2, 0.25) is 0 Å². The van der Waals surface area contributed by atoms with Gasteiger partial charge >= 0.3 is 0 Å². The van der Waals surface area contributed by atoms with Crippen molar-refractivity contribution in [2.45, 2.75) is 38.6 Å². The zero-order chi connectivity index (χ0) is 14.7. The van der Waals surface area contributed by atoms with Gasteiger partial charge in [0.25, 0.3) is 5.91 Å². The van der Waals surface area contributed by atoms with Crippen molar-refractivity contribution < 1.29 is 9.59 Å². The summed E-state index contributed by atoms with van der Waals surface area (Å²) in [6, 6.07) is 1.45. The van der Waals surface area contributed by atoms with E-state index in [2.05, 4.69) is 17.1 Å². The number of carbonyl (C=O) groups excluding carboxylic acids is 2. The molecule has 1 aromatic heterocycles. The van der Waals surface area contributed by atoms with E-state index in [1.165, 1.54) is 0 Å². The first-order chi connectivity index (χ1) is 9.54. The molecule has 1 N–H and O–H groups in total. The van der Waals surface area contributed by atoms with Gasteiger partial charge in [-0.2, -0.15) is 5.10 Å². The molecule has 1 fully saturated rings. The summed E-state index contributed by atoms with van der Waals surface area (Å²) in [7, 11) is 3.44. The van der Waals surface area contributed by atoms with Crippen molar-refractivity contribution in [3.63, 3.8) is 0 Å². The molecule has 2 amide bonds. The normalized spacial score (nSPS) is 18.4. The van der Waals surface area contributed by atoms with Gasteiger partial charge in [0, 0.05) is 26.3 Å². The van der Waals surface area contributed by atoms with Gasteiger partial charge in [-0.15, -0.1) is 0 Å². The molecule has 6 heteroatoms. The monoisotopic (exact) mass is 278 g/mol. The fourth-order valence-corrected chi connectivity index (χ4v) is 2.58. The van der Waals surface area contributed by atoms with Crippen LogP contribution in [0.3, 0.4) is 0 Å². The molecule has 0 aliphatic carbocycles. The van der Waals surface area contributed by atoms with E-state index in [1.54, 1.807) is 30.0 Å². The quantitative estimate of drug-likeness (QED) is 0.895. The highest BCUT2D eigenvalue weighted by Crippen LogP contribution is 2.21. The van der Waals surface area contributed by atoms with Crippen molar-refractivity contribution in [3.05, 3.63) is 17.5 Å². The smallest absolute Gasteiger partial charge is 0.275 e. The molecular weight excluding hydrogens is 256 g/mol. The van der Waals surface area contributed by atoms with Crippen LogP contribution >= 0.6 is 0 Å². The fourth-order valence-electron chi connectivity index (χ4n) is 2.58. The predicted octanol–water partition coefficient (Wildman–Crippen LogP) is 1.05. The van der Waals surface area contributed by atoms with E-state index in [0.29, 0.717) is 12.2 Å². The number of rotatable bonds is 4. The number of hydrogen-bond acceptors (Lipinski definition) is 3. The largest absolute Gasteiger partial charge is 0.347 e. The van der Waals surface area contributed by atoms with Gasteiger partial charge in [0.15, 0.2) is 0 Å². The Balaban J connectivity index is 2.12. The van der Waals surface area contributed by atoms with Crippen molar-refractivity contribution in [2.24, 2.45) is 0 Å². The maximum atomic E-state index is 12.5. The number of amides is 2. The first-order valence-corrected chi connectivity index (χ1v) is 7.11. The molecule has 0 aromatic carbocycles. The molecule has 110 valence electrons. The van der Waals surface area contributed by atoms with Gasteiger partial charge in [-0.25, -0.2) is 0 Å². The molecule has 0 radical (unpaired) electrons. The van der Waals surface area contributed by atoms with E-state index in [-0.39, 0.29) is 17.9 Å². The van der Waals surface area contributed by atoms with Gasteiger partial charge < -0.3 is 9.80 Å². The third-order valence-electron chi connectivity index (χ3n) is 3.61. The summed E-state index contributed by atoms with van der Waals surface area (Å²) in [5, 5.41) is 6.96. The van der Waals surface area contributed by atoms with Crippen LogP contribution in [0.5, 0.6) is 0 Å². The molecule has 20 heavy (non-hydrogen) atoms. The Labute approximate surface area is 119 Å². The fraction of sp³-hybridized carbons (Fsp3) is 0.643. The summed E-state index contributed by atoms with van der Waals surface area (Å²) >= 11 is 0. The summed E-state index contributed by atoms with van der Waals surface area (Å²) in [5.74, 6) is -0.165. The van der Waals surface area contributed by atoms with Crippen LogP contribution in [-0.4, -0.2) is 58.5 Å². The van der Waals surface area contributed by atoms with E-state index in [4.69, 9.17) is 0 Å². The zero-order valence-electron chi connectivity index (χ0n) is 12.3. The van der Waals surface area contributed by atoms with Gasteiger partial charge in [0.1, 0.15) is 11.7 Å². The molecule has 0 saturated carbocycles. The Hall–Kier alpha value is -1.85. The van der Waals surface area contributed by atoms with Crippen molar-refractivity contribution >= 4 is 11.8 Å². The number of likely N-dealkylation sites (tertiary alicyclic amines) is 1. The number of aromatic amines is 1. The number of aryl methyl sites for hydroxylation is 1. The summed E-state index contributed by atoms with van der Waals surface area (Å²) < 4.78 is 0. The van der Waals surface area contributed by atoms with Gasteiger partial charge in [-0.3, -0.25) is 14.7 Å². The highest BCUT2D eigenvalue weighted by atomic mass is 16.2. The molecule has 1 aliphatic heterocycles. The van der Waals surface area contributed by atoms with E-state index in [9.17, 15) is 9.59 Å². The summed E-state index contributed by atoms with van der Waals surface area (Å²) in [4.78, 5) is 27.8. The Morgan fingerprint density at radius 3 is 2.90 bits per heavy atom. The lowest BCUT2D eigenvalue weighted by atomic mass is 10.2. The maximum Gasteiger partial charge on any atom is 0.275 e. The second-order valence-electron chi connectivity index (χ2n) is 5.42. The lowest BCUT2D eigenvalue weighted by Crippen LogP contribution is -2.45. The molecule has 6 nitrogen and oxygen atoms in total. The van der Waals surface area contributed by atoms with Crippen LogP contribution < -0.4 is 0 Å². The summed E-state index contributed by atoms with van der Waals surface area (Å²) in [6.07, 6.45) is 3.47. The lowest BCUT2D eigenvalue weighted by Gasteiger charge is -2.25. The minimum Gasteiger partial charge on any atom is -0.347 e. The SMILES string of the molecule is CCCc1cc(C(=O)N2CCCC2C(=O)N(C)C)n[nH]1. The van der Waals surface area contributed by atoms with Crippen LogP contribution in [0, 0.1) is 0 Å². The first kappa shape index (κ1) is 14.6. The zero-order valence-corrected chi connectivity index (χ0v) is 12.3. The highest BCUT2D eigenvalue weighted by molar-refractivity contribution is 5.96. The molecule has 0 bridgehead atoms. The van der Waals surface area contributed by atoms with Crippen molar-refractivity contribution in [1.82, 2.24) is 20.0 Å². The Morgan fingerprint density at radius 2 is 2.25 bits per heavy atom.